The maximum absolute atomic E-state index is 12.6. The lowest BCUT2D eigenvalue weighted by Crippen LogP contribution is -2.49. The van der Waals surface area contributed by atoms with Gasteiger partial charge in [0, 0.05) is 36.0 Å². The van der Waals surface area contributed by atoms with Crippen molar-refractivity contribution < 1.29 is 9.59 Å². The van der Waals surface area contributed by atoms with Gasteiger partial charge in [-0.05, 0) is 55.9 Å². The molecular weight excluding hydrogens is 310 g/mol. The van der Waals surface area contributed by atoms with Crippen molar-refractivity contribution in [2.24, 2.45) is 5.92 Å². The monoisotopic (exact) mass is 333 g/mol. The van der Waals surface area contributed by atoms with E-state index in [1.807, 2.05) is 0 Å². The molecule has 3 nitrogen and oxygen atoms in total. The molecule has 0 N–H and O–H groups in total. The third kappa shape index (κ3) is 3.95. The van der Waals surface area contributed by atoms with Gasteiger partial charge in [0.05, 0.1) is 0 Å². The van der Waals surface area contributed by atoms with Crippen molar-refractivity contribution in [2.45, 2.75) is 57.4 Å². The number of fused-ring (bicyclic) bond motifs is 1. The maximum atomic E-state index is 12.6. The molecule has 1 heterocycles. The van der Waals surface area contributed by atoms with Crippen LogP contribution in [0, 0.1) is 5.92 Å². The van der Waals surface area contributed by atoms with Crippen LogP contribution in [-0.4, -0.2) is 29.2 Å². The summed E-state index contributed by atoms with van der Waals surface area (Å²) in [7, 11) is 0. The Balaban J connectivity index is 1.56. The number of likely N-dealkylation sites (tertiary alicyclic amines) is 1. The van der Waals surface area contributed by atoms with Crippen molar-refractivity contribution in [2.75, 3.05) is 6.54 Å². The molecule has 0 radical (unpaired) electrons. The van der Waals surface area contributed by atoms with Gasteiger partial charge in [0.25, 0.3) is 0 Å². The first kappa shape index (κ1) is 16.5. The molecule has 2 fully saturated rings. The van der Waals surface area contributed by atoms with Crippen LogP contribution in [0.4, 0.5) is 0 Å². The normalized spacial score (nSPS) is 24.1. The highest BCUT2D eigenvalue weighted by Gasteiger charge is 2.35. The zero-order valence-corrected chi connectivity index (χ0v) is 14.2. The average molecular weight is 334 g/mol. The minimum atomic E-state index is 0.0206. The van der Waals surface area contributed by atoms with E-state index in [9.17, 15) is 9.59 Å². The SMILES string of the molecule is O=C(CCC(=O)N1CCCC2CCCCC21)c1ccc(Cl)cc1. The molecule has 1 amide bonds. The molecule has 3 rings (SSSR count). The molecule has 2 aliphatic rings. The van der Waals surface area contributed by atoms with Crippen molar-refractivity contribution in [1.29, 1.82) is 0 Å². The summed E-state index contributed by atoms with van der Waals surface area (Å²) in [5, 5.41) is 0.620. The summed E-state index contributed by atoms with van der Waals surface area (Å²) in [6, 6.07) is 7.32. The number of benzene rings is 1. The van der Waals surface area contributed by atoms with Crippen molar-refractivity contribution >= 4 is 23.3 Å². The number of ketones is 1. The van der Waals surface area contributed by atoms with Crippen LogP contribution in [0.5, 0.6) is 0 Å². The van der Waals surface area contributed by atoms with E-state index in [2.05, 4.69) is 4.90 Å². The average Bonchev–Trinajstić information content (AvgIpc) is 2.59. The van der Waals surface area contributed by atoms with E-state index >= 15 is 0 Å². The quantitative estimate of drug-likeness (QED) is 0.761. The van der Waals surface area contributed by atoms with E-state index in [0.717, 1.165) is 19.4 Å². The highest BCUT2D eigenvalue weighted by atomic mass is 35.5. The summed E-state index contributed by atoms with van der Waals surface area (Å²) in [5.74, 6) is 0.865. The fourth-order valence-electron chi connectivity index (χ4n) is 4.08. The van der Waals surface area contributed by atoms with Crippen molar-refractivity contribution in [1.82, 2.24) is 4.90 Å². The second-order valence-electron chi connectivity index (χ2n) is 6.77. The van der Waals surface area contributed by atoms with E-state index in [1.165, 1.54) is 25.7 Å². The molecule has 1 aromatic carbocycles. The Bertz CT molecular complexity index is 567. The largest absolute Gasteiger partial charge is 0.339 e. The Morgan fingerprint density at radius 1 is 1.00 bits per heavy atom. The van der Waals surface area contributed by atoms with Crippen LogP contribution in [0.25, 0.3) is 0 Å². The number of halogens is 1. The summed E-state index contributed by atoms with van der Waals surface area (Å²) >= 11 is 5.84. The van der Waals surface area contributed by atoms with Crippen LogP contribution < -0.4 is 0 Å². The smallest absolute Gasteiger partial charge is 0.223 e. The molecule has 2 unspecified atom stereocenters. The number of Topliss-reactive ketones (excluding diaryl/α,β-unsaturated/α-hetero) is 1. The summed E-state index contributed by atoms with van der Waals surface area (Å²) in [5.41, 5.74) is 0.636. The molecule has 4 heteroatoms. The number of hydrogen-bond acceptors (Lipinski definition) is 2. The van der Waals surface area contributed by atoms with Gasteiger partial charge in [0.1, 0.15) is 0 Å². The molecule has 2 atom stereocenters. The van der Waals surface area contributed by atoms with Gasteiger partial charge in [-0.2, -0.15) is 0 Å². The molecule has 1 saturated heterocycles. The molecule has 23 heavy (non-hydrogen) atoms. The Morgan fingerprint density at radius 3 is 2.48 bits per heavy atom. The van der Waals surface area contributed by atoms with Gasteiger partial charge in [-0.1, -0.05) is 24.4 Å². The van der Waals surface area contributed by atoms with Gasteiger partial charge >= 0.3 is 0 Å². The van der Waals surface area contributed by atoms with Gasteiger partial charge < -0.3 is 4.90 Å². The molecule has 1 aliphatic carbocycles. The maximum Gasteiger partial charge on any atom is 0.223 e. The second kappa shape index (κ2) is 7.48. The first-order chi connectivity index (χ1) is 11.1. The van der Waals surface area contributed by atoms with Crippen LogP contribution in [-0.2, 0) is 4.79 Å². The Kier molecular flexibility index (Phi) is 5.37. The van der Waals surface area contributed by atoms with E-state index in [1.54, 1.807) is 24.3 Å². The van der Waals surface area contributed by atoms with Crippen molar-refractivity contribution in [3.8, 4) is 0 Å². The summed E-state index contributed by atoms with van der Waals surface area (Å²) in [6.07, 6.45) is 7.92. The fourth-order valence-corrected chi connectivity index (χ4v) is 4.20. The van der Waals surface area contributed by atoms with Crippen LogP contribution in [0.2, 0.25) is 5.02 Å². The van der Waals surface area contributed by atoms with Gasteiger partial charge in [-0.15, -0.1) is 0 Å². The first-order valence-electron chi connectivity index (χ1n) is 8.73. The standard InChI is InChI=1S/C19H24ClNO2/c20-16-9-7-15(8-10-16)18(22)11-12-19(23)21-13-3-5-14-4-1-2-6-17(14)21/h7-10,14,17H,1-6,11-13H2. The molecule has 0 spiro atoms. The van der Waals surface area contributed by atoms with Gasteiger partial charge in [-0.25, -0.2) is 0 Å². The van der Waals surface area contributed by atoms with Crippen molar-refractivity contribution in [3.63, 3.8) is 0 Å². The number of rotatable bonds is 4. The summed E-state index contributed by atoms with van der Waals surface area (Å²) in [4.78, 5) is 26.9. The summed E-state index contributed by atoms with van der Waals surface area (Å²) < 4.78 is 0. The number of amides is 1. The highest BCUT2D eigenvalue weighted by Crippen LogP contribution is 2.35. The number of nitrogens with zero attached hydrogens (tertiary/aromatic N) is 1. The van der Waals surface area contributed by atoms with Crippen LogP contribution >= 0.6 is 11.6 Å². The Morgan fingerprint density at radius 2 is 1.70 bits per heavy atom. The lowest BCUT2D eigenvalue weighted by molar-refractivity contribution is -0.137. The molecule has 1 saturated carbocycles. The van der Waals surface area contributed by atoms with E-state index < -0.39 is 0 Å². The fraction of sp³-hybridized carbons (Fsp3) is 0.579. The van der Waals surface area contributed by atoms with E-state index in [-0.39, 0.29) is 18.1 Å². The van der Waals surface area contributed by atoms with E-state index in [4.69, 9.17) is 11.6 Å². The van der Waals surface area contributed by atoms with Crippen molar-refractivity contribution in [3.05, 3.63) is 34.9 Å². The van der Waals surface area contributed by atoms with Gasteiger partial charge in [0.2, 0.25) is 5.91 Å². The Labute approximate surface area is 143 Å². The zero-order valence-electron chi connectivity index (χ0n) is 13.5. The predicted octanol–water partition coefficient (Wildman–Crippen LogP) is 4.48. The molecule has 0 bridgehead atoms. The molecule has 1 aliphatic heterocycles. The minimum Gasteiger partial charge on any atom is -0.339 e. The zero-order chi connectivity index (χ0) is 16.2. The number of hydrogen-bond donors (Lipinski definition) is 0. The lowest BCUT2D eigenvalue weighted by atomic mass is 9.78. The number of carbonyl (C=O) groups is 2. The minimum absolute atomic E-state index is 0.0206. The third-order valence-electron chi connectivity index (χ3n) is 5.30. The van der Waals surface area contributed by atoms with Gasteiger partial charge in [0.15, 0.2) is 5.78 Å². The topological polar surface area (TPSA) is 37.4 Å². The number of piperidine rings is 1. The van der Waals surface area contributed by atoms with Crippen LogP contribution in [0.1, 0.15) is 61.7 Å². The highest BCUT2D eigenvalue weighted by molar-refractivity contribution is 6.30. The van der Waals surface area contributed by atoms with Crippen LogP contribution in [0.15, 0.2) is 24.3 Å². The molecule has 0 aromatic heterocycles. The Hall–Kier alpha value is -1.35. The predicted molar refractivity (Wildman–Crippen MR) is 91.7 cm³/mol. The third-order valence-corrected chi connectivity index (χ3v) is 5.55. The second-order valence-corrected chi connectivity index (χ2v) is 7.21. The molecular formula is C19H24ClNO2. The van der Waals surface area contributed by atoms with E-state index in [0.29, 0.717) is 29.0 Å². The first-order valence-corrected chi connectivity index (χ1v) is 9.11. The lowest BCUT2D eigenvalue weighted by Gasteiger charge is -2.44. The van der Waals surface area contributed by atoms with Crippen LogP contribution in [0.3, 0.4) is 0 Å². The molecule has 1 aromatic rings. The summed E-state index contributed by atoms with van der Waals surface area (Å²) in [6.45, 7) is 0.870. The van der Waals surface area contributed by atoms with Gasteiger partial charge in [-0.3, -0.25) is 9.59 Å². The molecule has 124 valence electrons. The number of carbonyl (C=O) groups excluding carboxylic acids is 2.